The predicted octanol–water partition coefficient (Wildman–Crippen LogP) is 3.40. The van der Waals surface area contributed by atoms with E-state index in [1.807, 2.05) is 27.7 Å². The fraction of sp³-hybridized carbons (Fsp3) is 0.706. The Bertz CT molecular complexity index is 533. The molecule has 1 aromatic rings. The third-order valence-electron chi connectivity index (χ3n) is 3.44. The molecule has 1 amide bonds. The average molecular weight is 356 g/mol. The molecule has 0 saturated carbocycles. The lowest BCUT2D eigenvalue weighted by atomic mass is 10.1. The highest BCUT2D eigenvalue weighted by molar-refractivity contribution is 7.13. The van der Waals surface area contributed by atoms with Crippen LogP contribution in [0.2, 0.25) is 0 Å². The second-order valence-corrected chi connectivity index (χ2v) is 7.57. The van der Waals surface area contributed by atoms with Gasteiger partial charge in [-0.15, -0.1) is 11.3 Å². The summed E-state index contributed by atoms with van der Waals surface area (Å²) >= 11 is 1.36. The van der Waals surface area contributed by atoms with E-state index in [4.69, 9.17) is 4.74 Å². The molecule has 0 aliphatic rings. The number of esters is 1. The minimum absolute atomic E-state index is 0.0623. The Hall–Kier alpha value is -1.63. The number of nitrogens with one attached hydrogen (secondary N) is 1. The number of thiazole rings is 1. The molecule has 24 heavy (non-hydrogen) atoms. The molecule has 1 rings (SSSR count). The van der Waals surface area contributed by atoms with Crippen LogP contribution in [0.25, 0.3) is 0 Å². The van der Waals surface area contributed by atoms with Crippen LogP contribution in [0.5, 0.6) is 0 Å². The van der Waals surface area contributed by atoms with Crippen molar-refractivity contribution in [1.29, 1.82) is 0 Å². The maximum atomic E-state index is 12.2. The number of rotatable bonds is 9. The molecule has 1 heterocycles. The fourth-order valence-electron chi connectivity index (χ4n) is 2.36. The Morgan fingerprint density at radius 2 is 1.83 bits per heavy atom. The predicted molar refractivity (Wildman–Crippen MR) is 97.5 cm³/mol. The average Bonchev–Trinajstić information content (AvgIpc) is 2.92. The van der Waals surface area contributed by atoms with Crippen LogP contribution in [-0.4, -0.2) is 47.0 Å². The fourth-order valence-corrected chi connectivity index (χ4v) is 3.07. The van der Waals surface area contributed by atoms with Gasteiger partial charge in [0.05, 0.1) is 0 Å². The molecule has 0 aromatic carbocycles. The highest BCUT2D eigenvalue weighted by atomic mass is 32.1. The van der Waals surface area contributed by atoms with Crippen LogP contribution >= 0.6 is 11.3 Å². The van der Waals surface area contributed by atoms with Crippen molar-refractivity contribution in [2.45, 2.75) is 60.0 Å². The summed E-state index contributed by atoms with van der Waals surface area (Å²) in [5.74, 6) is -0.152. The molecule has 0 fully saturated rings. The van der Waals surface area contributed by atoms with Gasteiger partial charge in [-0.05, 0) is 40.0 Å². The van der Waals surface area contributed by atoms with E-state index in [2.05, 4.69) is 24.1 Å². The molecule has 136 valence electrons. The molecule has 0 aliphatic heterocycles. The van der Waals surface area contributed by atoms with Crippen molar-refractivity contribution in [2.75, 3.05) is 18.5 Å². The van der Waals surface area contributed by atoms with E-state index < -0.39 is 5.97 Å². The number of hydrogen-bond acceptors (Lipinski definition) is 6. The number of carbonyl (C=O) groups is 2. The Balaban J connectivity index is 2.51. The quantitative estimate of drug-likeness (QED) is 0.687. The molecule has 6 nitrogen and oxygen atoms in total. The molecule has 0 atom stereocenters. The third kappa shape index (κ3) is 6.47. The summed E-state index contributed by atoms with van der Waals surface area (Å²) in [5.41, 5.74) is 0.237. The van der Waals surface area contributed by atoms with E-state index in [9.17, 15) is 9.59 Å². The molecular formula is C17H29N3O3S. The van der Waals surface area contributed by atoms with E-state index in [0.29, 0.717) is 11.0 Å². The molecule has 7 heteroatoms. The van der Waals surface area contributed by atoms with Crippen LogP contribution in [0.4, 0.5) is 5.13 Å². The standard InChI is InChI=1S/C17H29N3O3S/c1-11(2)7-8-18-17-19-14(10-24-17)16(22)23-9-15(21)20(12(3)4)13(5)6/h10-13H,7-9H2,1-6H3,(H,18,19). The molecule has 0 radical (unpaired) electrons. The molecule has 1 N–H and O–H groups in total. The summed E-state index contributed by atoms with van der Waals surface area (Å²) in [6, 6.07) is 0.125. The highest BCUT2D eigenvalue weighted by Gasteiger charge is 2.22. The SMILES string of the molecule is CC(C)CCNc1nc(C(=O)OCC(=O)N(C(C)C)C(C)C)cs1. The van der Waals surface area contributed by atoms with E-state index in [-0.39, 0.29) is 30.3 Å². The van der Waals surface area contributed by atoms with Gasteiger partial charge in [0.1, 0.15) is 0 Å². The number of aromatic nitrogens is 1. The van der Waals surface area contributed by atoms with Crippen molar-refractivity contribution in [3.05, 3.63) is 11.1 Å². The van der Waals surface area contributed by atoms with Crippen molar-refractivity contribution in [1.82, 2.24) is 9.88 Å². The van der Waals surface area contributed by atoms with Gasteiger partial charge >= 0.3 is 5.97 Å². The molecule has 0 saturated heterocycles. The Kier molecular flexibility index (Phi) is 8.18. The topological polar surface area (TPSA) is 71.5 Å². The van der Waals surface area contributed by atoms with Crippen molar-refractivity contribution in [3.63, 3.8) is 0 Å². The second kappa shape index (κ2) is 9.61. The van der Waals surface area contributed by atoms with Crippen LogP contribution < -0.4 is 5.32 Å². The maximum absolute atomic E-state index is 12.2. The van der Waals surface area contributed by atoms with E-state index in [1.165, 1.54) is 11.3 Å². The van der Waals surface area contributed by atoms with Gasteiger partial charge in [-0.2, -0.15) is 0 Å². The summed E-state index contributed by atoms with van der Waals surface area (Å²) in [4.78, 5) is 30.1. The maximum Gasteiger partial charge on any atom is 0.358 e. The number of carbonyl (C=O) groups excluding carboxylic acids is 2. The molecule has 0 aliphatic carbocycles. The highest BCUT2D eigenvalue weighted by Crippen LogP contribution is 2.16. The van der Waals surface area contributed by atoms with Gasteiger partial charge in [-0.1, -0.05) is 13.8 Å². The largest absolute Gasteiger partial charge is 0.451 e. The summed E-state index contributed by atoms with van der Waals surface area (Å²) in [6.07, 6.45) is 1.04. The number of amides is 1. The van der Waals surface area contributed by atoms with E-state index in [1.54, 1.807) is 10.3 Å². The first kappa shape index (κ1) is 20.4. The summed E-state index contributed by atoms with van der Waals surface area (Å²) in [6.45, 7) is 12.6. The van der Waals surface area contributed by atoms with Crippen LogP contribution in [-0.2, 0) is 9.53 Å². The van der Waals surface area contributed by atoms with E-state index in [0.717, 1.165) is 13.0 Å². The first-order valence-electron chi connectivity index (χ1n) is 8.40. The molecular weight excluding hydrogens is 326 g/mol. The molecule has 0 spiro atoms. The lowest BCUT2D eigenvalue weighted by Crippen LogP contribution is -2.44. The van der Waals surface area contributed by atoms with Crippen molar-refractivity contribution >= 4 is 28.3 Å². The zero-order valence-electron chi connectivity index (χ0n) is 15.5. The molecule has 0 bridgehead atoms. The van der Waals surface area contributed by atoms with Crippen molar-refractivity contribution < 1.29 is 14.3 Å². The second-order valence-electron chi connectivity index (χ2n) is 6.71. The van der Waals surface area contributed by atoms with Crippen LogP contribution in [0.3, 0.4) is 0 Å². The number of ether oxygens (including phenoxy) is 1. The van der Waals surface area contributed by atoms with Crippen molar-refractivity contribution in [2.24, 2.45) is 5.92 Å². The Labute approximate surface area is 148 Å². The summed E-state index contributed by atoms with van der Waals surface area (Å²) in [5, 5.41) is 5.53. The van der Waals surface area contributed by atoms with Gasteiger partial charge in [-0.25, -0.2) is 9.78 Å². The first-order valence-corrected chi connectivity index (χ1v) is 9.28. The Morgan fingerprint density at radius 3 is 2.38 bits per heavy atom. The number of hydrogen-bond donors (Lipinski definition) is 1. The van der Waals surface area contributed by atoms with Crippen LogP contribution in [0.15, 0.2) is 5.38 Å². The minimum atomic E-state index is -0.566. The molecule has 0 unspecified atom stereocenters. The smallest absolute Gasteiger partial charge is 0.358 e. The van der Waals surface area contributed by atoms with Gasteiger partial charge in [0.2, 0.25) is 0 Å². The van der Waals surface area contributed by atoms with Gasteiger partial charge in [-0.3, -0.25) is 4.79 Å². The third-order valence-corrected chi connectivity index (χ3v) is 4.24. The van der Waals surface area contributed by atoms with Gasteiger partial charge < -0.3 is 15.0 Å². The van der Waals surface area contributed by atoms with Crippen LogP contribution in [0, 0.1) is 5.92 Å². The van der Waals surface area contributed by atoms with Gasteiger partial charge in [0, 0.05) is 24.0 Å². The minimum Gasteiger partial charge on any atom is -0.451 e. The van der Waals surface area contributed by atoms with E-state index >= 15 is 0 Å². The normalized spacial score (nSPS) is 11.2. The number of anilines is 1. The first-order chi connectivity index (χ1) is 11.2. The van der Waals surface area contributed by atoms with Crippen molar-refractivity contribution in [3.8, 4) is 0 Å². The summed E-state index contributed by atoms with van der Waals surface area (Å²) in [7, 11) is 0. The lowest BCUT2D eigenvalue weighted by Gasteiger charge is -2.30. The van der Waals surface area contributed by atoms with Gasteiger partial charge in [0.25, 0.3) is 5.91 Å². The lowest BCUT2D eigenvalue weighted by molar-refractivity contribution is -0.138. The van der Waals surface area contributed by atoms with Gasteiger partial charge in [0.15, 0.2) is 17.4 Å². The van der Waals surface area contributed by atoms with Crippen LogP contribution in [0.1, 0.15) is 58.5 Å². The number of nitrogens with zero attached hydrogens (tertiary/aromatic N) is 2. The zero-order chi connectivity index (χ0) is 18.3. The summed E-state index contributed by atoms with van der Waals surface area (Å²) < 4.78 is 5.11. The Morgan fingerprint density at radius 1 is 1.21 bits per heavy atom. The zero-order valence-corrected chi connectivity index (χ0v) is 16.3. The monoisotopic (exact) mass is 355 g/mol. The molecule has 1 aromatic heterocycles.